The van der Waals surface area contributed by atoms with Gasteiger partial charge in [0.25, 0.3) is 0 Å². The van der Waals surface area contributed by atoms with Gasteiger partial charge in [-0.15, -0.1) is 8.78 Å². The Morgan fingerprint density at radius 1 is 0.903 bits per heavy atom. The molecule has 0 aromatic heterocycles. The Bertz CT molecular complexity index is 1070. The van der Waals surface area contributed by atoms with Crippen molar-refractivity contribution >= 4 is 0 Å². The van der Waals surface area contributed by atoms with Crippen LogP contribution < -0.4 is 14.2 Å². The Hall–Kier alpha value is -3.19. The minimum atomic E-state index is -3.65. The third kappa shape index (κ3) is 4.94. The van der Waals surface area contributed by atoms with Gasteiger partial charge in [-0.05, 0) is 47.5 Å². The maximum atomic E-state index is 14.1. The first-order valence-electron chi connectivity index (χ1n) is 9.71. The van der Waals surface area contributed by atoms with Crippen molar-refractivity contribution in [1.29, 1.82) is 0 Å². The molecule has 4 nitrogen and oxygen atoms in total. The maximum absolute atomic E-state index is 14.1. The molecule has 0 aliphatic carbocycles. The SMILES string of the molecule is CC(C)(COCc1ccc(F)c(Oc2ccccc2)c1)c1ccc2c(c1)OC(F)(F)O2. The van der Waals surface area contributed by atoms with Gasteiger partial charge in [0.05, 0.1) is 13.2 Å². The van der Waals surface area contributed by atoms with Crippen LogP contribution in [0.2, 0.25) is 0 Å². The fourth-order valence-electron chi connectivity index (χ4n) is 3.21. The lowest BCUT2D eigenvalue weighted by Crippen LogP contribution is -2.26. The van der Waals surface area contributed by atoms with Crippen LogP contribution in [0.15, 0.2) is 66.7 Å². The van der Waals surface area contributed by atoms with E-state index in [1.54, 1.807) is 42.5 Å². The molecule has 7 heteroatoms. The number of alkyl halides is 2. The Morgan fingerprint density at radius 2 is 1.65 bits per heavy atom. The topological polar surface area (TPSA) is 36.9 Å². The molecule has 0 atom stereocenters. The van der Waals surface area contributed by atoms with Crippen LogP contribution in [0.4, 0.5) is 13.2 Å². The van der Waals surface area contributed by atoms with Gasteiger partial charge in [-0.1, -0.05) is 44.2 Å². The minimum Gasteiger partial charge on any atom is -0.454 e. The highest BCUT2D eigenvalue weighted by atomic mass is 19.3. The van der Waals surface area contributed by atoms with E-state index in [2.05, 4.69) is 9.47 Å². The maximum Gasteiger partial charge on any atom is 0.586 e. The van der Waals surface area contributed by atoms with Gasteiger partial charge in [0.15, 0.2) is 23.1 Å². The summed E-state index contributed by atoms with van der Waals surface area (Å²) in [6, 6.07) is 18.2. The summed E-state index contributed by atoms with van der Waals surface area (Å²) in [6.45, 7) is 4.39. The normalized spacial score (nSPS) is 14.5. The van der Waals surface area contributed by atoms with E-state index < -0.39 is 17.5 Å². The standard InChI is InChI=1S/C24H21F3O4/c1-23(2,17-9-11-20-22(13-17)31-24(26,27)30-20)15-28-14-16-8-10-19(25)21(12-16)29-18-6-4-3-5-7-18/h3-13H,14-15H2,1-2H3. The average molecular weight is 430 g/mol. The molecule has 0 radical (unpaired) electrons. The summed E-state index contributed by atoms with van der Waals surface area (Å²) in [6.07, 6.45) is -3.65. The van der Waals surface area contributed by atoms with E-state index in [9.17, 15) is 13.2 Å². The molecule has 0 N–H and O–H groups in total. The van der Waals surface area contributed by atoms with E-state index >= 15 is 0 Å². The molecule has 162 valence electrons. The van der Waals surface area contributed by atoms with E-state index in [0.717, 1.165) is 11.1 Å². The molecule has 4 rings (SSSR count). The molecule has 0 spiro atoms. The quantitative estimate of drug-likeness (QED) is 0.433. The average Bonchev–Trinajstić information content (AvgIpc) is 3.04. The van der Waals surface area contributed by atoms with Crippen molar-refractivity contribution in [3.05, 3.63) is 83.7 Å². The van der Waals surface area contributed by atoms with Crippen molar-refractivity contribution < 1.29 is 32.1 Å². The summed E-state index contributed by atoms with van der Waals surface area (Å²) >= 11 is 0. The molecule has 0 amide bonds. The zero-order valence-electron chi connectivity index (χ0n) is 17.0. The van der Waals surface area contributed by atoms with Gasteiger partial charge in [-0.2, -0.15) is 0 Å². The molecular weight excluding hydrogens is 409 g/mol. The molecule has 0 saturated carbocycles. The van der Waals surface area contributed by atoms with Crippen molar-refractivity contribution in [1.82, 2.24) is 0 Å². The van der Waals surface area contributed by atoms with Gasteiger partial charge in [0.2, 0.25) is 0 Å². The number of hydrogen-bond acceptors (Lipinski definition) is 4. The smallest absolute Gasteiger partial charge is 0.454 e. The molecular formula is C24H21F3O4. The monoisotopic (exact) mass is 430 g/mol. The predicted octanol–water partition coefficient (Wildman–Crippen LogP) is 6.43. The Morgan fingerprint density at radius 3 is 2.42 bits per heavy atom. The summed E-state index contributed by atoms with van der Waals surface area (Å²) in [4.78, 5) is 0. The van der Waals surface area contributed by atoms with Crippen LogP contribution in [0.3, 0.4) is 0 Å². The lowest BCUT2D eigenvalue weighted by atomic mass is 9.85. The van der Waals surface area contributed by atoms with Crippen LogP contribution in [-0.4, -0.2) is 12.9 Å². The summed E-state index contributed by atoms with van der Waals surface area (Å²) < 4.78 is 61.0. The van der Waals surface area contributed by atoms with Crippen LogP contribution in [0.5, 0.6) is 23.0 Å². The van der Waals surface area contributed by atoms with Crippen LogP contribution in [0.1, 0.15) is 25.0 Å². The van der Waals surface area contributed by atoms with Crippen LogP contribution >= 0.6 is 0 Å². The number of benzene rings is 3. The predicted molar refractivity (Wildman–Crippen MR) is 108 cm³/mol. The number of fused-ring (bicyclic) bond motifs is 1. The second-order valence-electron chi connectivity index (χ2n) is 7.89. The lowest BCUT2D eigenvalue weighted by molar-refractivity contribution is -0.286. The molecule has 1 heterocycles. The number of ether oxygens (including phenoxy) is 4. The second kappa shape index (κ2) is 8.15. The third-order valence-electron chi connectivity index (χ3n) is 4.88. The molecule has 0 bridgehead atoms. The molecule has 1 aliphatic heterocycles. The minimum absolute atomic E-state index is 0.00252. The van der Waals surface area contributed by atoms with Crippen LogP contribution in [-0.2, 0) is 16.8 Å². The Kier molecular flexibility index (Phi) is 5.54. The Labute approximate surface area is 178 Å². The van der Waals surface area contributed by atoms with E-state index in [1.165, 1.54) is 18.2 Å². The summed E-state index contributed by atoms with van der Waals surface area (Å²) in [5, 5.41) is 0. The Balaban J connectivity index is 1.39. The van der Waals surface area contributed by atoms with Crippen molar-refractivity contribution in [2.75, 3.05) is 6.61 Å². The van der Waals surface area contributed by atoms with E-state index in [-0.39, 0.29) is 23.9 Å². The number of rotatable bonds is 7. The first-order chi connectivity index (χ1) is 14.7. The zero-order chi connectivity index (χ0) is 22.1. The van der Waals surface area contributed by atoms with Crippen molar-refractivity contribution in [2.45, 2.75) is 32.2 Å². The number of hydrogen-bond donors (Lipinski definition) is 0. The first kappa shape index (κ1) is 21.1. The fourth-order valence-corrected chi connectivity index (χ4v) is 3.21. The lowest BCUT2D eigenvalue weighted by Gasteiger charge is -2.25. The summed E-state index contributed by atoms with van der Waals surface area (Å²) in [5.74, 6) is 0.182. The van der Waals surface area contributed by atoms with Crippen LogP contribution in [0.25, 0.3) is 0 Å². The first-order valence-corrected chi connectivity index (χ1v) is 9.71. The molecule has 31 heavy (non-hydrogen) atoms. The number of halogens is 3. The van der Waals surface area contributed by atoms with Gasteiger partial charge in [-0.3, -0.25) is 0 Å². The molecule has 3 aromatic carbocycles. The van der Waals surface area contributed by atoms with Gasteiger partial charge >= 0.3 is 6.29 Å². The highest BCUT2D eigenvalue weighted by Crippen LogP contribution is 2.43. The molecule has 0 fully saturated rings. The van der Waals surface area contributed by atoms with E-state index in [4.69, 9.17) is 9.47 Å². The third-order valence-corrected chi connectivity index (χ3v) is 4.88. The van der Waals surface area contributed by atoms with Gasteiger partial charge in [0.1, 0.15) is 5.75 Å². The van der Waals surface area contributed by atoms with Gasteiger partial charge in [0, 0.05) is 5.41 Å². The second-order valence-corrected chi connectivity index (χ2v) is 7.89. The zero-order valence-corrected chi connectivity index (χ0v) is 17.0. The highest BCUT2D eigenvalue weighted by Gasteiger charge is 2.43. The summed E-state index contributed by atoms with van der Waals surface area (Å²) in [7, 11) is 0. The number of para-hydroxylation sites is 1. The molecule has 0 unspecified atom stereocenters. The molecule has 3 aromatic rings. The molecule has 0 saturated heterocycles. The van der Waals surface area contributed by atoms with E-state index in [1.807, 2.05) is 19.9 Å². The summed E-state index contributed by atoms with van der Waals surface area (Å²) in [5.41, 5.74) is 1.02. The van der Waals surface area contributed by atoms with Crippen LogP contribution in [0, 0.1) is 5.82 Å². The van der Waals surface area contributed by atoms with Crippen molar-refractivity contribution in [3.8, 4) is 23.0 Å². The van der Waals surface area contributed by atoms with Crippen molar-refractivity contribution in [3.63, 3.8) is 0 Å². The van der Waals surface area contributed by atoms with Gasteiger partial charge < -0.3 is 18.9 Å². The van der Waals surface area contributed by atoms with Crippen molar-refractivity contribution in [2.24, 2.45) is 0 Å². The van der Waals surface area contributed by atoms with Gasteiger partial charge in [-0.25, -0.2) is 4.39 Å². The molecule has 1 aliphatic rings. The largest absolute Gasteiger partial charge is 0.586 e. The highest BCUT2D eigenvalue weighted by molar-refractivity contribution is 5.47. The fraction of sp³-hybridized carbons (Fsp3) is 0.250. The van der Waals surface area contributed by atoms with E-state index in [0.29, 0.717) is 12.4 Å².